The first-order valence-corrected chi connectivity index (χ1v) is 8.90. The van der Waals surface area contributed by atoms with Gasteiger partial charge in [0.05, 0.1) is 21.3 Å². The fourth-order valence-electron chi connectivity index (χ4n) is 2.81. The van der Waals surface area contributed by atoms with Crippen molar-refractivity contribution in [2.45, 2.75) is 13.5 Å². The highest BCUT2D eigenvalue weighted by Crippen LogP contribution is 2.33. The molecule has 1 aromatic carbocycles. The standard InChI is InChI=1S/C19H12Cl2FN3O3/c1-10-16(18(24-28-10)17-13(21)3-2-4-14(17)22)19(26)27-9-12-8-25-7-11(20)5-6-15(25)23-12/h2-8H,9H2,1H3. The van der Waals surface area contributed by atoms with E-state index < -0.39 is 11.8 Å². The van der Waals surface area contributed by atoms with Crippen LogP contribution in [0.3, 0.4) is 0 Å². The van der Waals surface area contributed by atoms with Gasteiger partial charge in [0.25, 0.3) is 0 Å². The van der Waals surface area contributed by atoms with E-state index in [2.05, 4.69) is 10.1 Å². The second-order valence-electron chi connectivity index (χ2n) is 5.98. The Morgan fingerprint density at radius 2 is 2.07 bits per heavy atom. The lowest BCUT2D eigenvalue weighted by molar-refractivity contribution is 0.0467. The van der Waals surface area contributed by atoms with E-state index in [1.807, 2.05) is 0 Å². The third-order valence-electron chi connectivity index (χ3n) is 4.08. The number of hydrogen-bond acceptors (Lipinski definition) is 5. The fraction of sp³-hybridized carbons (Fsp3) is 0.105. The molecule has 0 radical (unpaired) electrons. The van der Waals surface area contributed by atoms with E-state index in [4.69, 9.17) is 32.5 Å². The number of fused-ring (bicyclic) bond motifs is 1. The van der Waals surface area contributed by atoms with Gasteiger partial charge in [-0.2, -0.15) is 0 Å². The summed E-state index contributed by atoms with van der Waals surface area (Å²) in [5.74, 6) is -1.14. The van der Waals surface area contributed by atoms with E-state index >= 15 is 0 Å². The van der Waals surface area contributed by atoms with Crippen molar-refractivity contribution in [3.63, 3.8) is 0 Å². The van der Waals surface area contributed by atoms with Crippen LogP contribution in [0.4, 0.5) is 4.39 Å². The first-order valence-electron chi connectivity index (χ1n) is 8.15. The molecule has 0 atom stereocenters. The normalized spacial score (nSPS) is 11.1. The third-order valence-corrected chi connectivity index (χ3v) is 4.62. The Balaban J connectivity index is 1.61. The predicted octanol–water partition coefficient (Wildman–Crippen LogP) is 5.10. The maximum Gasteiger partial charge on any atom is 0.344 e. The molecule has 0 aliphatic carbocycles. The Morgan fingerprint density at radius 3 is 2.86 bits per heavy atom. The summed E-state index contributed by atoms with van der Waals surface area (Å²) in [5.41, 5.74) is 1.17. The number of aromatic nitrogens is 3. The highest BCUT2D eigenvalue weighted by Gasteiger charge is 2.26. The van der Waals surface area contributed by atoms with E-state index in [0.29, 0.717) is 16.4 Å². The van der Waals surface area contributed by atoms with Crippen molar-refractivity contribution in [3.8, 4) is 11.3 Å². The van der Waals surface area contributed by atoms with Gasteiger partial charge in [-0.3, -0.25) is 0 Å². The average molecular weight is 420 g/mol. The molecule has 4 rings (SSSR count). The molecule has 0 fully saturated rings. The first-order chi connectivity index (χ1) is 13.4. The maximum absolute atomic E-state index is 14.2. The zero-order valence-corrected chi connectivity index (χ0v) is 16.0. The highest BCUT2D eigenvalue weighted by atomic mass is 35.5. The molecule has 0 N–H and O–H groups in total. The Kier molecular flexibility index (Phi) is 4.78. The van der Waals surface area contributed by atoms with Gasteiger partial charge in [0, 0.05) is 12.4 Å². The van der Waals surface area contributed by atoms with E-state index in [0.717, 1.165) is 0 Å². The van der Waals surface area contributed by atoms with Gasteiger partial charge in [0.1, 0.15) is 35.1 Å². The smallest absolute Gasteiger partial charge is 0.344 e. The number of imidazole rings is 1. The van der Waals surface area contributed by atoms with Crippen LogP contribution in [0.25, 0.3) is 16.9 Å². The Hall–Kier alpha value is -2.90. The minimum Gasteiger partial charge on any atom is -0.455 e. The molecule has 3 aromatic heterocycles. The second-order valence-corrected chi connectivity index (χ2v) is 6.82. The number of halogens is 3. The van der Waals surface area contributed by atoms with Gasteiger partial charge in [-0.15, -0.1) is 0 Å². The number of ether oxygens (including phenoxy) is 1. The van der Waals surface area contributed by atoms with Gasteiger partial charge in [-0.05, 0) is 31.2 Å². The quantitative estimate of drug-likeness (QED) is 0.430. The number of benzene rings is 1. The fourth-order valence-corrected chi connectivity index (χ4v) is 3.23. The number of hydrogen-bond donors (Lipinski definition) is 0. The van der Waals surface area contributed by atoms with Crippen molar-refractivity contribution in [3.05, 3.63) is 75.6 Å². The minimum atomic E-state index is -0.719. The average Bonchev–Trinajstić information content (AvgIpc) is 3.22. The third kappa shape index (κ3) is 3.34. The van der Waals surface area contributed by atoms with Crippen LogP contribution in [0, 0.1) is 12.7 Å². The van der Waals surface area contributed by atoms with Crippen LogP contribution in [0.2, 0.25) is 10.0 Å². The lowest BCUT2D eigenvalue weighted by atomic mass is 10.1. The monoisotopic (exact) mass is 419 g/mol. The van der Waals surface area contributed by atoms with Crippen molar-refractivity contribution in [2.75, 3.05) is 0 Å². The van der Waals surface area contributed by atoms with Crippen molar-refractivity contribution < 1.29 is 18.4 Å². The molecule has 6 nitrogen and oxygen atoms in total. The second kappa shape index (κ2) is 7.26. The molecule has 9 heteroatoms. The molecule has 3 heterocycles. The molecular weight excluding hydrogens is 408 g/mol. The molecule has 0 amide bonds. The van der Waals surface area contributed by atoms with Crippen LogP contribution >= 0.6 is 23.2 Å². The van der Waals surface area contributed by atoms with Gasteiger partial charge in [-0.1, -0.05) is 34.4 Å². The summed E-state index contributed by atoms with van der Waals surface area (Å²) in [5, 5.41) is 4.46. The summed E-state index contributed by atoms with van der Waals surface area (Å²) in [6, 6.07) is 7.64. The Labute approximate surface area is 168 Å². The summed E-state index contributed by atoms with van der Waals surface area (Å²) in [6.07, 6.45) is 3.39. The molecule has 0 aliphatic heterocycles. The SMILES string of the molecule is Cc1onc(-c2c(F)cccc2Cl)c1C(=O)OCc1cn2cc(Cl)ccc2n1. The van der Waals surface area contributed by atoms with Crippen molar-refractivity contribution in [1.82, 2.24) is 14.5 Å². The van der Waals surface area contributed by atoms with Crippen molar-refractivity contribution in [1.29, 1.82) is 0 Å². The molecule has 142 valence electrons. The first kappa shape index (κ1) is 18.5. The van der Waals surface area contributed by atoms with E-state index in [-0.39, 0.29) is 34.2 Å². The van der Waals surface area contributed by atoms with Gasteiger partial charge >= 0.3 is 5.97 Å². The summed E-state index contributed by atoms with van der Waals surface area (Å²) in [6.45, 7) is 1.45. The summed E-state index contributed by atoms with van der Waals surface area (Å²) in [7, 11) is 0. The summed E-state index contributed by atoms with van der Waals surface area (Å²) < 4.78 is 26.4. The molecule has 0 saturated heterocycles. The van der Waals surface area contributed by atoms with Crippen LogP contribution in [0.1, 0.15) is 21.8 Å². The van der Waals surface area contributed by atoms with Crippen molar-refractivity contribution >= 4 is 34.8 Å². The van der Waals surface area contributed by atoms with Gasteiger partial charge < -0.3 is 13.7 Å². The number of nitrogens with zero attached hydrogens (tertiary/aromatic N) is 3. The van der Waals surface area contributed by atoms with Gasteiger partial charge in [0.15, 0.2) is 0 Å². The zero-order valence-electron chi connectivity index (χ0n) is 14.4. The maximum atomic E-state index is 14.2. The molecule has 0 saturated carbocycles. The molecule has 4 aromatic rings. The lowest BCUT2D eigenvalue weighted by Crippen LogP contribution is -2.08. The molecular formula is C19H12Cl2FN3O3. The molecule has 0 aliphatic rings. The number of rotatable bonds is 4. The summed E-state index contributed by atoms with van der Waals surface area (Å²) >= 11 is 12.0. The highest BCUT2D eigenvalue weighted by molar-refractivity contribution is 6.33. The zero-order chi connectivity index (χ0) is 19.8. The number of pyridine rings is 1. The van der Waals surface area contributed by atoms with E-state index in [9.17, 15) is 9.18 Å². The van der Waals surface area contributed by atoms with Crippen LogP contribution in [0.5, 0.6) is 0 Å². The van der Waals surface area contributed by atoms with Crippen LogP contribution in [-0.4, -0.2) is 20.5 Å². The molecule has 0 unspecified atom stereocenters. The van der Waals surface area contributed by atoms with Crippen molar-refractivity contribution in [2.24, 2.45) is 0 Å². The van der Waals surface area contributed by atoms with Crippen LogP contribution in [0.15, 0.2) is 47.2 Å². The largest absolute Gasteiger partial charge is 0.455 e. The minimum absolute atomic E-state index is 0.00705. The molecule has 28 heavy (non-hydrogen) atoms. The predicted molar refractivity (Wildman–Crippen MR) is 101 cm³/mol. The number of esters is 1. The lowest BCUT2D eigenvalue weighted by Gasteiger charge is -2.06. The topological polar surface area (TPSA) is 69.6 Å². The van der Waals surface area contributed by atoms with Gasteiger partial charge in [0.2, 0.25) is 0 Å². The molecule has 0 spiro atoms. The molecule has 0 bridgehead atoms. The van der Waals surface area contributed by atoms with E-state index in [1.54, 1.807) is 28.9 Å². The number of carbonyl (C=O) groups excluding carboxylic acids is 1. The summed E-state index contributed by atoms with van der Waals surface area (Å²) in [4.78, 5) is 17.0. The number of carbonyl (C=O) groups is 1. The number of aryl methyl sites for hydroxylation is 1. The van der Waals surface area contributed by atoms with E-state index in [1.165, 1.54) is 25.1 Å². The van der Waals surface area contributed by atoms with Crippen LogP contribution in [-0.2, 0) is 11.3 Å². The Bertz CT molecular complexity index is 1180. The van der Waals surface area contributed by atoms with Crippen LogP contribution < -0.4 is 0 Å². The Morgan fingerprint density at radius 1 is 1.25 bits per heavy atom. The van der Waals surface area contributed by atoms with Gasteiger partial charge in [-0.25, -0.2) is 14.2 Å².